The number of likely N-dealkylation sites (N-methyl/N-ethyl adjacent to an activating group) is 1. The Bertz CT molecular complexity index is 124. The van der Waals surface area contributed by atoms with Crippen LogP contribution < -0.4 is 5.73 Å². The lowest BCUT2D eigenvalue weighted by Crippen LogP contribution is -2.42. The molecule has 12 heavy (non-hydrogen) atoms. The van der Waals surface area contributed by atoms with Gasteiger partial charge in [0.2, 0.25) is 0 Å². The predicted octanol–water partition coefficient (Wildman–Crippen LogP) is 0.302. The van der Waals surface area contributed by atoms with Crippen molar-refractivity contribution in [1.82, 2.24) is 4.90 Å². The maximum atomic E-state index is 5.70. The molecule has 0 saturated heterocycles. The van der Waals surface area contributed by atoms with Gasteiger partial charge in [0.1, 0.15) is 0 Å². The van der Waals surface area contributed by atoms with E-state index in [9.17, 15) is 0 Å². The summed E-state index contributed by atoms with van der Waals surface area (Å²) in [4.78, 5) is 2.32. The average molecular weight is 172 g/mol. The van der Waals surface area contributed by atoms with Gasteiger partial charge in [0, 0.05) is 26.2 Å². The third kappa shape index (κ3) is 3.09. The first-order valence-electron chi connectivity index (χ1n) is 4.65. The molecule has 1 aliphatic rings. The summed E-state index contributed by atoms with van der Waals surface area (Å²) in [6.45, 7) is 3.04. The Morgan fingerprint density at radius 3 is 2.67 bits per heavy atom. The van der Waals surface area contributed by atoms with Crippen LogP contribution in [0.5, 0.6) is 0 Å². The van der Waals surface area contributed by atoms with Gasteiger partial charge in [-0.05, 0) is 25.8 Å². The highest BCUT2D eigenvalue weighted by atomic mass is 16.5. The second kappa shape index (κ2) is 4.80. The highest BCUT2D eigenvalue weighted by molar-refractivity contribution is 4.83. The summed E-state index contributed by atoms with van der Waals surface area (Å²) in [6, 6.07) is 0.478. The molecule has 1 aliphatic carbocycles. The summed E-state index contributed by atoms with van der Waals surface area (Å²) in [5.41, 5.74) is 5.70. The zero-order valence-electron chi connectivity index (χ0n) is 8.12. The van der Waals surface area contributed by atoms with E-state index in [-0.39, 0.29) is 0 Å². The Kier molecular flexibility index (Phi) is 3.98. The summed E-state index contributed by atoms with van der Waals surface area (Å²) >= 11 is 0. The van der Waals surface area contributed by atoms with Crippen LogP contribution in [0.1, 0.15) is 12.8 Å². The van der Waals surface area contributed by atoms with Crippen LogP contribution in [0, 0.1) is 5.92 Å². The Morgan fingerprint density at radius 1 is 1.50 bits per heavy atom. The van der Waals surface area contributed by atoms with E-state index < -0.39 is 0 Å². The van der Waals surface area contributed by atoms with Gasteiger partial charge in [0.25, 0.3) is 0 Å². The van der Waals surface area contributed by atoms with Crippen molar-refractivity contribution >= 4 is 0 Å². The second-order valence-electron chi connectivity index (χ2n) is 3.85. The van der Waals surface area contributed by atoms with Gasteiger partial charge in [-0.15, -0.1) is 0 Å². The van der Waals surface area contributed by atoms with Gasteiger partial charge in [-0.25, -0.2) is 0 Å². The Morgan fingerprint density at radius 2 is 2.17 bits per heavy atom. The largest absolute Gasteiger partial charge is 0.383 e. The quantitative estimate of drug-likeness (QED) is 0.648. The zero-order valence-corrected chi connectivity index (χ0v) is 8.12. The molecular formula is C9H20N2O. The van der Waals surface area contributed by atoms with Crippen molar-refractivity contribution in [3.8, 4) is 0 Å². The SMILES string of the molecule is COCCN(C)CC1CC(N)C1. The van der Waals surface area contributed by atoms with Gasteiger partial charge >= 0.3 is 0 Å². The van der Waals surface area contributed by atoms with Crippen LogP contribution in [0.25, 0.3) is 0 Å². The number of hydrogen-bond acceptors (Lipinski definition) is 3. The molecule has 0 bridgehead atoms. The molecular weight excluding hydrogens is 152 g/mol. The van der Waals surface area contributed by atoms with Gasteiger partial charge in [-0.3, -0.25) is 0 Å². The minimum Gasteiger partial charge on any atom is -0.383 e. The Hall–Kier alpha value is -0.120. The molecule has 2 N–H and O–H groups in total. The van der Waals surface area contributed by atoms with Crippen LogP contribution in [0.2, 0.25) is 0 Å². The van der Waals surface area contributed by atoms with Gasteiger partial charge < -0.3 is 15.4 Å². The second-order valence-corrected chi connectivity index (χ2v) is 3.85. The Labute approximate surface area is 74.9 Å². The number of nitrogens with two attached hydrogens (primary N) is 1. The average Bonchev–Trinajstić information content (AvgIpc) is 1.98. The highest BCUT2D eigenvalue weighted by Gasteiger charge is 2.26. The molecule has 1 rings (SSSR count). The van der Waals surface area contributed by atoms with E-state index in [0.717, 1.165) is 19.1 Å². The first-order valence-corrected chi connectivity index (χ1v) is 4.65. The fraction of sp³-hybridized carbons (Fsp3) is 1.00. The molecule has 3 nitrogen and oxygen atoms in total. The highest BCUT2D eigenvalue weighted by Crippen LogP contribution is 2.25. The molecule has 0 aromatic carbocycles. The maximum Gasteiger partial charge on any atom is 0.0589 e. The number of hydrogen-bond donors (Lipinski definition) is 1. The molecule has 0 aromatic heterocycles. The lowest BCUT2D eigenvalue weighted by atomic mass is 9.81. The normalized spacial score (nSPS) is 29.0. The minimum absolute atomic E-state index is 0.478. The van der Waals surface area contributed by atoms with Crippen molar-refractivity contribution in [2.24, 2.45) is 11.7 Å². The first-order chi connectivity index (χ1) is 5.72. The number of methoxy groups -OCH3 is 1. The topological polar surface area (TPSA) is 38.5 Å². The molecule has 0 unspecified atom stereocenters. The molecule has 0 heterocycles. The summed E-state index contributed by atoms with van der Waals surface area (Å²) in [7, 11) is 3.88. The standard InChI is InChI=1S/C9H20N2O/c1-11(3-4-12-2)7-8-5-9(10)6-8/h8-9H,3-7,10H2,1-2H3. The zero-order chi connectivity index (χ0) is 8.97. The lowest BCUT2D eigenvalue weighted by Gasteiger charge is -2.35. The van der Waals surface area contributed by atoms with E-state index in [2.05, 4.69) is 11.9 Å². The number of rotatable bonds is 5. The van der Waals surface area contributed by atoms with Crippen molar-refractivity contribution in [1.29, 1.82) is 0 Å². The third-order valence-corrected chi connectivity index (χ3v) is 2.52. The van der Waals surface area contributed by atoms with Crippen molar-refractivity contribution in [2.75, 3.05) is 33.9 Å². The van der Waals surface area contributed by atoms with Crippen LogP contribution in [0.3, 0.4) is 0 Å². The van der Waals surface area contributed by atoms with Crippen LogP contribution in [-0.2, 0) is 4.74 Å². The summed E-state index contributed by atoms with van der Waals surface area (Å²) in [6.07, 6.45) is 2.41. The van der Waals surface area contributed by atoms with E-state index in [1.54, 1.807) is 7.11 Å². The fourth-order valence-corrected chi connectivity index (χ4v) is 1.72. The summed E-state index contributed by atoms with van der Waals surface area (Å²) in [5, 5.41) is 0. The number of nitrogens with zero attached hydrogens (tertiary/aromatic N) is 1. The van der Waals surface area contributed by atoms with Crippen molar-refractivity contribution in [3.63, 3.8) is 0 Å². The molecule has 0 amide bonds. The summed E-state index contributed by atoms with van der Waals surface area (Å²) < 4.78 is 5.00. The lowest BCUT2D eigenvalue weighted by molar-refractivity contribution is 0.131. The monoisotopic (exact) mass is 172 g/mol. The smallest absolute Gasteiger partial charge is 0.0589 e. The van der Waals surface area contributed by atoms with Crippen LogP contribution in [0.4, 0.5) is 0 Å². The third-order valence-electron chi connectivity index (χ3n) is 2.52. The van der Waals surface area contributed by atoms with Crippen LogP contribution in [0.15, 0.2) is 0 Å². The van der Waals surface area contributed by atoms with Gasteiger partial charge in [-0.2, -0.15) is 0 Å². The minimum atomic E-state index is 0.478. The van der Waals surface area contributed by atoms with Crippen molar-refractivity contribution in [3.05, 3.63) is 0 Å². The molecule has 3 heteroatoms. The molecule has 0 radical (unpaired) electrons. The predicted molar refractivity (Wildman–Crippen MR) is 50.1 cm³/mol. The molecule has 72 valence electrons. The van der Waals surface area contributed by atoms with E-state index >= 15 is 0 Å². The number of ether oxygens (including phenoxy) is 1. The maximum absolute atomic E-state index is 5.70. The molecule has 0 aliphatic heterocycles. The van der Waals surface area contributed by atoms with E-state index in [4.69, 9.17) is 10.5 Å². The Balaban J connectivity index is 1.98. The summed E-state index contributed by atoms with van der Waals surface area (Å²) in [5.74, 6) is 0.835. The van der Waals surface area contributed by atoms with E-state index in [1.165, 1.54) is 19.4 Å². The molecule has 1 fully saturated rings. The first kappa shape index (κ1) is 9.96. The fourth-order valence-electron chi connectivity index (χ4n) is 1.72. The van der Waals surface area contributed by atoms with E-state index in [0.29, 0.717) is 6.04 Å². The van der Waals surface area contributed by atoms with Crippen LogP contribution >= 0.6 is 0 Å². The molecule has 1 saturated carbocycles. The van der Waals surface area contributed by atoms with Gasteiger partial charge in [0.15, 0.2) is 0 Å². The molecule has 0 spiro atoms. The van der Waals surface area contributed by atoms with Crippen molar-refractivity contribution in [2.45, 2.75) is 18.9 Å². The van der Waals surface area contributed by atoms with Gasteiger partial charge in [-0.1, -0.05) is 0 Å². The molecule has 0 aromatic rings. The van der Waals surface area contributed by atoms with Crippen LogP contribution in [-0.4, -0.2) is 44.8 Å². The van der Waals surface area contributed by atoms with Crippen molar-refractivity contribution < 1.29 is 4.74 Å². The van der Waals surface area contributed by atoms with E-state index in [1.807, 2.05) is 0 Å². The van der Waals surface area contributed by atoms with Gasteiger partial charge in [0.05, 0.1) is 6.61 Å². The molecule has 0 atom stereocenters.